The summed E-state index contributed by atoms with van der Waals surface area (Å²) >= 11 is 0. The second-order valence-electron chi connectivity index (χ2n) is 7.11. The number of rotatable bonds is 4. The number of hydrogen-bond donors (Lipinski definition) is 1. The maximum atomic E-state index is 12.5. The molecule has 2 saturated carbocycles. The molecule has 118 valence electrons. The van der Waals surface area contributed by atoms with Gasteiger partial charge in [-0.25, -0.2) is 0 Å². The summed E-state index contributed by atoms with van der Waals surface area (Å²) < 4.78 is 0. The summed E-state index contributed by atoms with van der Waals surface area (Å²) in [6.07, 6.45) is 12.2. The van der Waals surface area contributed by atoms with Gasteiger partial charge in [0.25, 0.3) is 0 Å². The fourth-order valence-electron chi connectivity index (χ4n) is 3.97. The molecular formula is C18H30N2O. The number of amides is 1. The lowest BCUT2D eigenvalue weighted by atomic mass is 9.79. The standard InChI is InChI=1S/C18H30N2O/c1-2-15-7-9-16(10-8-15)13-20-17(21)18(14-19)11-5-3-4-6-12-18/h15-16H,2-13H2,1H3,(H,20,21). The Hall–Kier alpha value is -1.04. The molecule has 2 rings (SSSR count). The molecule has 2 fully saturated rings. The van der Waals surface area contributed by atoms with Gasteiger partial charge in [-0.05, 0) is 37.5 Å². The molecule has 0 atom stereocenters. The van der Waals surface area contributed by atoms with Crippen LogP contribution in [0.3, 0.4) is 0 Å². The number of nitrogens with zero attached hydrogens (tertiary/aromatic N) is 1. The Morgan fingerprint density at radius 2 is 1.67 bits per heavy atom. The first-order valence-electron chi connectivity index (χ1n) is 8.89. The van der Waals surface area contributed by atoms with Crippen molar-refractivity contribution < 1.29 is 4.79 Å². The molecule has 2 aliphatic rings. The quantitative estimate of drug-likeness (QED) is 0.789. The van der Waals surface area contributed by atoms with E-state index in [0.717, 1.165) is 51.0 Å². The third-order valence-electron chi connectivity index (χ3n) is 5.70. The molecule has 0 spiro atoms. The van der Waals surface area contributed by atoms with Gasteiger partial charge in [0, 0.05) is 6.54 Å². The van der Waals surface area contributed by atoms with Crippen molar-refractivity contribution in [2.24, 2.45) is 17.3 Å². The van der Waals surface area contributed by atoms with Crippen LogP contribution < -0.4 is 5.32 Å². The highest BCUT2D eigenvalue weighted by atomic mass is 16.2. The molecule has 2 aliphatic carbocycles. The van der Waals surface area contributed by atoms with Crippen molar-refractivity contribution in [2.45, 2.75) is 77.6 Å². The van der Waals surface area contributed by atoms with Crippen molar-refractivity contribution >= 4 is 5.91 Å². The third kappa shape index (κ3) is 4.22. The van der Waals surface area contributed by atoms with Crippen LogP contribution in [0.1, 0.15) is 77.6 Å². The third-order valence-corrected chi connectivity index (χ3v) is 5.70. The molecular weight excluding hydrogens is 260 g/mol. The molecule has 0 aliphatic heterocycles. The Balaban J connectivity index is 1.82. The van der Waals surface area contributed by atoms with Crippen molar-refractivity contribution in [3.05, 3.63) is 0 Å². The summed E-state index contributed by atoms with van der Waals surface area (Å²) in [5.41, 5.74) is -0.739. The van der Waals surface area contributed by atoms with Gasteiger partial charge in [0.05, 0.1) is 6.07 Å². The lowest BCUT2D eigenvalue weighted by molar-refractivity contribution is -0.129. The van der Waals surface area contributed by atoms with Gasteiger partial charge in [0.15, 0.2) is 0 Å². The van der Waals surface area contributed by atoms with E-state index in [0.29, 0.717) is 5.92 Å². The van der Waals surface area contributed by atoms with Gasteiger partial charge in [-0.3, -0.25) is 4.79 Å². The fraction of sp³-hybridized carbons (Fsp3) is 0.889. The predicted molar refractivity (Wildman–Crippen MR) is 84.5 cm³/mol. The molecule has 0 aromatic carbocycles. The number of carbonyl (C=O) groups excluding carboxylic acids is 1. The van der Waals surface area contributed by atoms with Crippen LogP contribution in [-0.4, -0.2) is 12.5 Å². The molecule has 1 N–H and O–H groups in total. The monoisotopic (exact) mass is 290 g/mol. The molecule has 3 heteroatoms. The maximum absolute atomic E-state index is 12.5. The molecule has 21 heavy (non-hydrogen) atoms. The molecule has 0 radical (unpaired) electrons. The van der Waals surface area contributed by atoms with Gasteiger partial charge in [0.1, 0.15) is 5.41 Å². The number of nitrogens with one attached hydrogen (secondary N) is 1. The highest BCUT2D eigenvalue weighted by molar-refractivity contribution is 5.85. The average Bonchev–Trinajstić information content (AvgIpc) is 2.79. The smallest absolute Gasteiger partial charge is 0.240 e. The first-order valence-corrected chi connectivity index (χ1v) is 8.89. The molecule has 0 unspecified atom stereocenters. The zero-order valence-corrected chi connectivity index (χ0v) is 13.5. The summed E-state index contributed by atoms with van der Waals surface area (Å²) in [5.74, 6) is 1.52. The molecule has 0 bridgehead atoms. The minimum Gasteiger partial charge on any atom is -0.354 e. The van der Waals surface area contributed by atoms with E-state index in [1.165, 1.54) is 32.1 Å². The summed E-state index contributed by atoms with van der Waals surface area (Å²) in [7, 11) is 0. The number of carbonyl (C=O) groups is 1. The number of nitriles is 1. The van der Waals surface area contributed by atoms with Gasteiger partial charge < -0.3 is 5.32 Å². The zero-order chi connectivity index (χ0) is 15.1. The van der Waals surface area contributed by atoms with Gasteiger partial charge in [0.2, 0.25) is 5.91 Å². The highest BCUT2D eigenvalue weighted by Gasteiger charge is 2.38. The fourth-order valence-corrected chi connectivity index (χ4v) is 3.97. The van der Waals surface area contributed by atoms with E-state index in [4.69, 9.17) is 0 Å². The predicted octanol–water partition coefficient (Wildman–Crippen LogP) is 4.18. The van der Waals surface area contributed by atoms with Crippen LogP contribution in [0.2, 0.25) is 0 Å². The Morgan fingerprint density at radius 1 is 1.10 bits per heavy atom. The molecule has 3 nitrogen and oxygen atoms in total. The van der Waals surface area contributed by atoms with Crippen molar-refractivity contribution in [3.8, 4) is 6.07 Å². The summed E-state index contributed by atoms with van der Waals surface area (Å²) in [6, 6.07) is 2.35. The van der Waals surface area contributed by atoms with Gasteiger partial charge >= 0.3 is 0 Å². The van der Waals surface area contributed by atoms with E-state index >= 15 is 0 Å². The van der Waals surface area contributed by atoms with Crippen LogP contribution >= 0.6 is 0 Å². The van der Waals surface area contributed by atoms with E-state index in [1.54, 1.807) is 0 Å². The maximum Gasteiger partial charge on any atom is 0.240 e. The van der Waals surface area contributed by atoms with E-state index in [1.807, 2.05) is 0 Å². The Kier molecular flexibility index (Phi) is 6.08. The highest BCUT2D eigenvalue weighted by Crippen LogP contribution is 2.35. The topological polar surface area (TPSA) is 52.9 Å². The van der Waals surface area contributed by atoms with E-state index in [-0.39, 0.29) is 5.91 Å². The summed E-state index contributed by atoms with van der Waals surface area (Å²) in [6.45, 7) is 3.05. The van der Waals surface area contributed by atoms with Crippen LogP contribution in [-0.2, 0) is 4.79 Å². The van der Waals surface area contributed by atoms with Crippen LogP contribution in [0, 0.1) is 28.6 Å². The molecule has 0 aromatic heterocycles. The second-order valence-corrected chi connectivity index (χ2v) is 7.11. The van der Waals surface area contributed by atoms with Crippen molar-refractivity contribution in [1.82, 2.24) is 5.32 Å². The van der Waals surface area contributed by atoms with E-state index in [2.05, 4.69) is 18.3 Å². The zero-order valence-electron chi connectivity index (χ0n) is 13.5. The Morgan fingerprint density at radius 3 is 2.19 bits per heavy atom. The Labute approximate surface area is 129 Å². The van der Waals surface area contributed by atoms with Crippen molar-refractivity contribution in [3.63, 3.8) is 0 Å². The second kappa shape index (κ2) is 7.82. The molecule has 0 saturated heterocycles. The number of hydrogen-bond acceptors (Lipinski definition) is 2. The normalized spacial score (nSPS) is 29.1. The Bertz CT molecular complexity index is 369. The SMILES string of the molecule is CCC1CCC(CNC(=O)C2(C#N)CCCCCC2)CC1. The molecule has 0 aromatic rings. The first-order chi connectivity index (χ1) is 10.2. The minimum atomic E-state index is -0.739. The minimum absolute atomic E-state index is 0.00418. The van der Waals surface area contributed by atoms with Crippen molar-refractivity contribution in [2.75, 3.05) is 6.54 Å². The lowest BCUT2D eigenvalue weighted by Crippen LogP contribution is -2.42. The van der Waals surface area contributed by atoms with Gasteiger partial charge in [-0.1, -0.05) is 51.9 Å². The van der Waals surface area contributed by atoms with E-state index < -0.39 is 5.41 Å². The summed E-state index contributed by atoms with van der Waals surface area (Å²) in [4.78, 5) is 12.5. The van der Waals surface area contributed by atoms with Crippen LogP contribution in [0.5, 0.6) is 0 Å². The summed E-state index contributed by atoms with van der Waals surface area (Å²) in [5, 5.41) is 12.6. The molecule has 1 amide bonds. The van der Waals surface area contributed by atoms with Crippen LogP contribution in [0.15, 0.2) is 0 Å². The van der Waals surface area contributed by atoms with Crippen LogP contribution in [0.4, 0.5) is 0 Å². The molecule has 0 heterocycles. The lowest BCUT2D eigenvalue weighted by Gasteiger charge is -2.29. The van der Waals surface area contributed by atoms with E-state index in [9.17, 15) is 10.1 Å². The van der Waals surface area contributed by atoms with Gasteiger partial charge in [-0.2, -0.15) is 5.26 Å². The largest absolute Gasteiger partial charge is 0.354 e. The van der Waals surface area contributed by atoms with Crippen LogP contribution in [0.25, 0.3) is 0 Å². The van der Waals surface area contributed by atoms with Gasteiger partial charge in [-0.15, -0.1) is 0 Å². The average molecular weight is 290 g/mol. The first kappa shape index (κ1) is 16.3. The van der Waals surface area contributed by atoms with Crippen molar-refractivity contribution in [1.29, 1.82) is 5.26 Å².